The zero-order chi connectivity index (χ0) is 17.3. The van der Waals surface area contributed by atoms with Gasteiger partial charge in [-0.15, -0.1) is 22.7 Å². The summed E-state index contributed by atoms with van der Waals surface area (Å²) in [5.41, 5.74) is 0. The zero-order valence-electron chi connectivity index (χ0n) is 12.2. The van der Waals surface area contributed by atoms with Gasteiger partial charge in [0, 0.05) is 17.8 Å². The molecule has 24 heavy (non-hydrogen) atoms. The number of rotatable bonds is 6. The third-order valence-corrected chi connectivity index (χ3v) is 5.66. The topological polar surface area (TPSA) is 74.8 Å². The molecule has 6 nitrogen and oxygen atoms in total. The number of hydrogen-bond donors (Lipinski definition) is 0. The summed E-state index contributed by atoms with van der Waals surface area (Å²) in [5, 5.41) is 1.89. The van der Waals surface area contributed by atoms with Crippen LogP contribution in [0.25, 0.3) is 0 Å². The van der Waals surface area contributed by atoms with E-state index in [4.69, 9.17) is 11.6 Å². The fourth-order valence-corrected chi connectivity index (χ4v) is 3.92. The van der Waals surface area contributed by atoms with E-state index in [0.29, 0.717) is 20.5 Å². The quantitative estimate of drug-likeness (QED) is 0.437. The molecule has 3 heterocycles. The Labute approximate surface area is 150 Å². The van der Waals surface area contributed by atoms with Gasteiger partial charge in [-0.05, 0) is 23.6 Å². The van der Waals surface area contributed by atoms with Crippen LogP contribution in [0.1, 0.15) is 14.5 Å². The van der Waals surface area contributed by atoms with Gasteiger partial charge >= 0.3 is 17.8 Å². The summed E-state index contributed by atoms with van der Waals surface area (Å²) in [4.78, 5) is 51.3. The van der Waals surface area contributed by atoms with E-state index in [1.165, 1.54) is 17.4 Å². The molecule has 0 radical (unpaired) electrons. The summed E-state index contributed by atoms with van der Waals surface area (Å²) in [6, 6.07) is 6.09. The first-order chi connectivity index (χ1) is 11.5. The molecule has 0 atom stereocenters. The van der Waals surface area contributed by atoms with E-state index >= 15 is 0 Å². The minimum atomic E-state index is -0.970. The molecule has 0 N–H and O–H groups in total. The zero-order valence-corrected chi connectivity index (χ0v) is 14.6. The molecule has 1 saturated heterocycles. The third-order valence-electron chi connectivity index (χ3n) is 3.45. The van der Waals surface area contributed by atoms with Crippen molar-refractivity contribution in [2.24, 2.45) is 0 Å². The van der Waals surface area contributed by atoms with Crippen LogP contribution in [0.2, 0.25) is 4.34 Å². The maximum Gasteiger partial charge on any atom is 0.334 e. The van der Waals surface area contributed by atoms with Crippen molar-refractivity contribution in [2.45, 2.75) is 6.42 Å². The Kier molecular flexibility index (Phi) is 4.79. The SMILES string of the molecule is O=C(CN1C(=O)C(=O)N(CCc2cccs2)C1=O)c1ccc(Cl)s1. The van der Waals surface area contributed by atoms with Crippen molar-refractivity contribution in [3.8, 4) is 0 Å². The van der Waals surface area contributed by atoms with Gasteiger partial charge in [-0.25, -0.2) is 9.69 Å². The molecule has 1 aliphatic rings. The summed E-state index contributed by atoms with van der Waals surface area (Å²) >= 11 is 8.34. The average Bonchev–Trinajstić information content (AvgIpc) is 3.26. The molecule has 3 rings (SSSR count). The van der Waals surface area contributed by atoms with Crippen LogP contribution in [0.15, 0.2) is 29.6 Å². The first-order valence-corrected chi connectivity index (χ1v) is 9.03. The van der Waals surface area contributed by atoms with Crippen LogP contribution in [-0.4, -0.2) is 46.5 Å². The Morgan fingerprint density at radius 1 is 1.08 bits per heavy atom. The lowest BCUT2D eigenvalue weighted by molar-refractivity contribution is -0.143. The highest BCUT2D eigenvalue weighted by molar-refractivity contribution is 7.18. The molecule has 2 aromatic heterocycles. The first kappa shape index (κ1) is 16.8. The van der Waals surface area contributed by atoms with Gasteiger partial charge in [-0.2, -0.15) is 0 Å². The van der Waals surface area contributed by atoms with Crippen molar-refractivity contribution in [3.63, 3.8) is 0 Å². The molecule has 0 spiro atoms. The van der Waals surface area contributed by atoms with Crippen LogP contribution in [0.5, 0.6) is 0 Å². The highest BCUT2D eigenvalue weighted by Gasteiger charge is 2.44. The van der Waals surface area contributed by atoms with Crippen LogP contribution in [-0.2, 0) is 16.0 Å². The van der Waals surface area contributed by atoms with E-state index in [2.05, 4.69) is 0 Å². The minimum Gasteiger partial charge on any atom is -0.291 e. The van der Waals surface area contributed by atoms with Gasteiger partial charge in [0.05, 0.1) is 15.8 Å². The monoisotopic (exact) mass is 382 g/mol. The molecule has 0 unspecified atom stereocenters. The van der Waals surface area contributed by atoms with E-state index in [9.17, 15) is 19.2 Å². The predicted molar refractivity (Wildman–Crippen MR) is 90.5 cm³/mol. The standard InChI is InChI=1S/C15H11ClN2O4S2/c16-12-4-3-11(24-12)10(19)8-18-14(21)13(20)17(15(18)22)6-5-9-2-1-7-23-9/h1-4,7H,5-6,8H2. The maximum absolute atomic E-state index is 12.3. The normalized spacial score (nSPS) is 14.8. The molecule has 4 amide bonds. The van der Waals surface area contributed by atoms with E-state index in [0.717, 1.165) is 21.1 Å². The molecule has 0 saturated carbocycles. The number of thiophene rings is 2. The van der Waals surface area contributed by atoms with Crippen molar-refractivity contribution in [3.05, 3.63) is 43.7 Å². The largest absolute Gasteiger partial charge is 0.334 e. The molecule has 0 aliphatic carbocycles. The lowest BCUT2D eigenvalue weighted by atomic mass is 10.3. The summed E-state index contributed by atoms with van der Waals surface area (Å²) in [5.74, 6) is -2.29. The van der Waals surface area contributed by atoms with E-state index in [-0.39, 0.29) is 6.54 Å². The summed E-state index contributed by atoms with van der Waals surface area (Å²) < 4.78 is 0.436. The first-order valence-electron chi connectivity index (χ1n) is 6.95. The van der Waals surface area contributed by atoms with Crippen molar-refractivity contribution in [1.29, 1.82) is 0 Å². The van der Waals surface area contributed by atoms with Gasteiger partial charge in [0.2, 0.25) is 0 Å². The summed E-state index contributed by atoms with van der Waals surface area (Å²) in [6.07, 6.45) is 0.477. The molecule has 9 heteroatoms. The van der Waals surface area contributed by atoms with Crippen LogP contribution >= 0.6 is 34.3 Å². The van der Waals surface area contributed by atoms with E-state index < -0.39 is 30.2 Å². The fourth-order valence-electron chi connectivity index (χ4n) is 2.25. The van der Waals surface area contributed by atoms with Crippen molar-refractivity contribution >= 4 is 57.9 Å². The number of urea groups is 1. The van der Waals surface area contributed by atoms with Crippen LogP contribution in [0, 0.1) is 0 Å². The Morgan fingerprint density at radius 2 is 1.83 bits per heavy atom. The number of nitrogens with zero attached hydrogens (tertiary/aromatic N) is 2. The molecule has 1 aliphatic heterocycles. The van der Waals surface area contributed by atoms with Crippen LogP contribution in [0.4, 0.5) is 4.79 Å². The molecule has 0 bridgehead atoms. The average molecular weight is 383 g/mol. The number of hydrogen-bond acceptors (Lipinski definition) is 6. The Hall–Kier alpha value is -2.03. The van der Waals surface area contributed by atoms with Gasteiger partial charge in [-0.1, -0.05) is 17.7 Å². The van der Waals surface area contributed by atoms with Gasteiger partial charge < -0.3 is 0 Å². The minimum absolute atomic E-state index is 0.111. The second-order valence-electron chi connectivity index (χ2n) is 4.99. The molecule has 124 valence electrons. The third kappa shape index (κ3) is 3.26. The number of carbonyl (C=O) groups excluding carboxylic acids is 4. The number of Topliss-reactive ketones (excluding diaryl/α,β-unsaturated/α-hetero) is 1. The van der Waals surface area contributed by atoms with Crippen molar-refractivity contribution < 1.29 is 19.2 Å². The molecule has 2 aromatic rings. The second-order valence-corrected chi connectivity index (χ2v) is 7.73. The lowest BCUT2D eigenvalue weighted by Gasteiger charge is -2.14. The van der Waals surface area contributed by atoms with Crippen molar-refractivity contribution in [2.75, 3.05) is 13.1 Å². The van der Waals surface area contributed by atoms with Gasteiger partial charge in [0.25, 0.3) is 0 Å². The van der Waals surface area contributed by atoms with E-state index in [1.807, 2.05) is 17.5 Å². The number of ketones is 1. The number of carbonyl (C=O) groups is 4. The predicted octanol–water partition coefficient (Wildman–Crippen LogP) is 2.68. The Bertz CT molecular complexity index is 815. The Morgan fingerprint density at radius 3 is 2.46 bits per heavy atom. The van der Waals surface area contributed by atoms with Crippen molar-refractivity contribution in [1.82, 2.24) is 9.80 Å². The summed E-state index contributed by atoms with van der Waals surface area (Å²) in [7, 11) is 0. The summed E-state index contributed by atoms with van der Waals surface area (Å²) in [6.45, 7) is -0.352. The van der Waals surface area contributed by atoms with Gasteiger partial charge in [0.15, 0.2) is 5.78 Å². The van der Waals surface area contributed by atoms with Crippen LogP contribution in [0.3, 0.4) is 0 Å². The second kappa shape index (κ2) is 6.84. The van der Waals surface area contributed by atoms with Gasteiger partial charge in [-0.3, -0.25) is 19.3 Å². The smallest absolute Gasteiger partial charge is 0.291 e. The molecule has 0 aromatic carbocycles. The number of imide groups is 2. The molecular weight excluding hydrogens is 372 g/mol. The van der Waals surface area contributed by atoms with Crippen LogP contribution < -0.4 is 0 Å². The highest BCUT2D eigenvalue weighted by Crippen LogP contribution is 2.23. The highest BCUT2D eigenvalue weighted by atomic mass is 35.5. The molecular formula is C15H11ClN2O4S2. The lowest BCUT2D eigenvalue weighted by Crippen LogP contribution is -2.37. The maximum atomic E-state index is 12.3. The number of amides is 4. The molecule has 1 fully saturated rings. The fraction of sp³-hybridized carbons (Fsp3) is 0.200. The Balaban J connectivity index is 1.68. The van der Waals surface area contributed by atoms with Gasteiger partial charge in [0.1, 0.15) is 0 Å². The van der Waals surface area contributed by atoms with E-state index in [1.54, 1.807) is 6.07 Å². The number of halogens is 1.